The highest BCUT2D eigenvalue weighted by Gasteiger charge is 1.95. The molecule has 0 amide bonds. The third-order valence-corrected chi connectivity index (χ3v) is 4.14. The van der Waals surface area contributed by atoms with E-state index in [2.05, 4.69) is 50.7 Å². The van der Waals surface area contributed by atoms with Crippen LogP contribution in [0.3, 0.4) is 0 Å². The number of alkyl halides is 1. The number of hydrogen-bond acceptors (Lipinski definition) is 1. The van der Waals surface area contributed by atoms with Gasteiger partial charge in [-0.3, -0.25) is 0 Å². The van der Waals surface area contributed by atoms with Crippen molar-refractivity contribution in [3.8, 4) is 5.75 Å². The molecule has 1 rings (SSSR count). The fourth-order valence-electron chi connectivity index (χ4n) is 1.80. The van der Waals surface area contributed by atoms with Gasteiger partial charge in [-0.25, -0.2) is 0 Å². The minimum atomic E-state index is 0.849. The topological polar surface area (TPSA) is 9.23 Å². The van der Waals surface area contributed by atoms with Crippen LogP contribution in [0.2, 0.25) is 0 Å². The number of unbranched alkanes of at least 4 members (excludes halogenated alkanes) is 6. The van der Waals surface area contributed by atoms with Crippen molar-refractivity contribution in [2.45, 2.75) is 44.9 Å². The second-order valence-corrected chi connectivity index (χ2v) is 6.50. The molecule has 0 aromatic heterocycles. The molecule has 0 N–H and O–H groups in total. The van der Waals surface area contributed by atoms with E-state index in [9.17, 15) is 0 Å². The smallest absolute Gasteiger partial charge is 0.119 e. The zero-order valence-electron chi connectivity index (χ0n) is 10.8. The average Bonchev–Trinajstić information content (AvgIpc) is 2.39. The summed E-state index contributed by atoms with van der Waals surface area (Å²) in [5.41, 5.74) is 0. The van der Waals surface area contributed by atoms with Crippen LogP contribution in [0.25, 0.3) is 0 Å². The van der Waals surface area contributed by atoms with E-state index in [1.54, 1.807) is 0 Å². The third kappa shape index (κ3) is 8.35. The Labute approximate surface area is 133 Å². The van der Waals surface area contributed by atoms with Gasteiger partial charge in [-0.1, -0.05) is 48.0 Å². The molecule has 0 saturated heterocycles. The molecule has 1 nitrogen and oxygen atoms in total. The summed E-state index contributed by atoms with van der Waals surface area (Å²) in [4.78, 5) is 0. The zero-order chi connectivity index (χ0) is 13.1. The van der Waals surface area contributed by atoms with Gasteiger partial charge in [0.05, 0.1) is 6.61 Å². The van der Waals surface area contributed by atoms with Crippen molar-refractivity contribution in [1.29, 1.82) is 0 Å². The van der Waals surface area contributed by atoms with E-state index in [0.29, 0.717) is 0 Å². The van der Waals surface area contributed by atoms with Crippen LogP contribution < -0.4 is 4.74 Å². The van der Waals surface area contributed by atoms with Gasteiger partial charge in [0.2, 0.25) is 0 Å². The van der Waals surface area contributed by atoms with E-state index in [-0.39, 0.29) is 0 Å². The van der Waals surface area contributed by atoms with Gasteiger partial charge < -0.3 is 4.74 Å². The van der Waals surface area contributed by atoms with Crippen molar-refractivity contribution in [1.82, 2.24) is 0 Å². The maximum atomic E-state index is 5.70. The largest absolute Gasteiger partial charge is 0.494 e. The first-order valence-corrected chi connectivity index (χ1v) is 8.97. The minimum Gasteiger partial charge on any atom is -0.494 e. The number of hydrogen-bond donors (Lipinski definition) is 0. The molecule has 0 fully saturated rings. The summed E-state index contributed by atoms with van der Waals surface area (Å²) >= 11 is 5.77. The van der Waals surface area contributed by atoms with E-state index in [1.807, 2.05) is 12.1 Å². The lowest BCUT2D eigenvalue weighted by atomic mass is 10.1. The Kier molecular flexibility index (Phi) is 10.0. The number of ether oxygens (including phenoxy) is 1. The highest BCUT2D eigenvalue weighted by Crippen LogP contribution is 2.14. The van der Waals surface area contributed by atoms with E-state index in [4.69, 9.17) is 4.74 Å². The Morgan fingerprint density at radius 1 is 0.833 bits per heavy atom. The molecule has 1 aromatic carbocycles. The van der Waals surface area contributed by atoms with Crippen molar-refractivity contribution in [2.24, 2.45) is 0 Å². The van der Waals surface area contributed by atoms with Crippen LogP contribution in [-0.4, -0.2) is 11.9 Å². The summed E-state index contributed by atoms with van der Waals surface area (Å²) in [5, 5.41) is 1.15. The molecule has 0 aliphatic carbocycles. The van der Waals surface area contributed by atoms with Crippen molar-refractivity contribution < 1.29 is 4.74 Å². The molecule has 0 spiro atoms. The zero-order valence-corrected chi connectivity index (χ0v) is 14.6. The molecule has 0 radical (unpaired) electrons. The molecule has 18 heavy (non-hydrogen) atoms. The molecule has 3 heteroatoms. The fraction of sp³-hybridized carbons (Fsp3) is 0.600. The lowest BCUT2D eigenvalue weighted by Gasteiger charge is -2.06. The van der Waals surface area contributed by atoms with Crippen molar-refractivity contribution >= 4 is 38.5 Å². The van der Waals surface area contributed by atoms with Gasteiger partial charge in [0.15, 0.2) is 0 Å². The molecule has 0 aliphatic heterocycles. The lowest BCUT2D eigenvalue weighted by molar-refractivity contribution is 0.304. The Bertz CT molecular complexity index is 300. The number of benzene rings is 1. The summed E-state index contributed by atoms with van der Waals surface area (Å²) in [6.07, 6.45) is 9.24. The van der Waals surface area contributed by atoms with Crippen molar-refractivity contribution in [2.75, 3.05) is 11.9 Å². The molecule has 102 valence electrons. The first-order chi connectivity index (χ1) is 8.83. The van der Waals surface area contributed by atoms with Crippen LogP contribution in [0.15, 0.2) is 24.3 Å². The van der Waals surface area contributed by atoms with Crippen LogP contribution in [0.4, 0.5) is 0 Å². The van der Waals surface area contributed by atoms with E-state index in [1.165, 1.54) is 48.5 Å². The van der Waals surface area contributed by atoms with Crippen LogP contribution in [0.5, 0.6) is 5.75 Å². The fourth-order valence-corrected chi connectivity index (χ4v) is 2.56. The van der Waals surface area contributed by atoms with Gasteiger partial charge in [0.1, 0.15) is 5.75 Å². The molecule has 1 aromatic rings. The molecule has 0 heterocycles. The average molecular weight is 425 g/mol. The molecule has 0 atom stereocenters. The van der Waals surface area contributed by atoms with Crippen LogP contribution >= 0.6 is 38.5 Å². The molecule has 0 bridgehead atoms. The predicted molar refractivity (Wildman–Crippen MR) is 90.8 cm³/mol. The van der Waals surface area contributed by atoms with E-state index < -0.39 is 0 Å². The highest BCUT2D eigenvalue weighted by molar-refractivity contribution is 14.1. The molecule has 0 unspecified atom stereocenters. The Morgan fingerprint density at radius 3 is 2.00 bits per heavy atom. The maximum absolute atomic E-state index is 5.70. The number of halogens is 2. The highest BCUT2D eigenvalue weighted by atomic mass is 127. The van der Waals surface area contributed by atoms with Crippen molar-refractivity contribution in [3.63, 3.8) is 0 Å². The Morgan fingerprint density at radius 2 is 1.39 bits per heavy atom. The summed E-state index contributed by atoms with van der Waals surface area (Å²) in [5.74, 6) is 0.993. The second kappa shape index (κ2) is 11.1. The van der Waals surface area contributed by atoms with Crippen LogP contribution in [0.1, 0.15) is 44.9 Å². The molecular formula is C15H22BrIO. The predicted octanol–water partition coefficient (Wildman–Crippen LogP) is 5.80. The summed E-state index contributed by atoms with van der Waals surface area (Å²) < 4.78 is 6.95. The lowest BCUT2D eigenvalue weighted by Crippen LogP contribution is -1.97. The van der Waals surface area contributed by atoms with Gasteiger partial charge in [-0.05, 0) is 59.7 Å². The first kappa shape index (κ1) is 16.3. The molecule has 0 saturated carbocycles. The Hall–Kier alpha value is 0.230. The summed E-state index contributed by atoms with van der Waals surface area (Å²) in [6, 6.07) is 8.25. The van der Waals surface area contributed by atoms with Gasteiger partial charge in [-0.15, -0.1) is 0 Å². The standard InChI is InChI=1S/C15H22BrIO/c16-12-6-4-2-1-3-5-7-13-18-15-10-8-14(17)9-11-15/h8-11H,1-7,12-13H2. The summed E-state index contributed by atoms with van der Waals surface area (Å²) in [7, 11) is 0. The van der Waals surface area contributed by atoms with E-state index >= 15 is 0 Å². The normalized spacial score (nSPS) is 10.6. The second-order valence-electron chi connectivity index (χ2n) is 4.47. The monoisotopic (exact) mass is 424 g/mol. The SMILES string of the molecule is BrCCCCCCCCCOc1ccc(I)cc1. The number of rotatable bonds is 10. The first-order valence-electron chi connectivity index (χ1n) is 6.77. The Balaban J connectivity index is 1.91. The van der Waals surface area contributed by atoms with Gasteiger partial charge in [-0.2, -0.15) is 0 Å². The maximum Gasteiger partial charge on any atom is 0.119 e. The van der Waals surface area contributed by atoms with Crippen molar-refractivity contribution in [3.05, 3.63) is 27.8 Å². The molecule has 0 aliphatic rings. The third-order valence-electron chi connectivity index (χ3n) is 2.86. The quantitative estimate of drug-likeness (QED) is 0.262. The summed E-state index contributed by atoms with van der Waals surface area (Å²) in [6.45, 7) is 0.849. The van der Waals surface area contributed by atoms with Crippen LogP contribution in [0, 0.1) is 3.57 Å². The van der Waals surface area contributed by atoms with Gasteiger partial charge in [0.25, 0.3) is 0 Å². The van der Waals surface area contributed by atoms with Gasteiger partial charge >= 0.3 is 0 Å². The molecular weight excluding hydrogens is 403 g/mol. The van der Waals surface area contributed by atoms with Gasteiger partial charge in [0, 0.05) is 8.90 Å². The minimum absolute atomic E-state index is 0.849. The van der Waals surface area contributed by atoms with E-state index in [0.717, 1.165) is 17.7 Å². The van der Waals surface area contributed by atoms with Crippen LogP contribution in [-0.2, 0) is 0 Å².